The molecule has 0 spiro atoms. The summed E-state index contributed by atoms with van der Waals surface area (Å²) in [5.74, 6) is 0. The Hall–Kier alpha value is -0.240. The summed E-state index contributed by atoms with van der Waals surface area (Å²) in [6.07, 6.45) is 19.4. The van der Waals surface area contributed by atoms with Crippen molar-refractivity contribution in [2.45, 2.75) is 96.8 Å². The Morgan fingerprint density at radius 2 is 0.576 bits per heavy atom. The van der Waals surface area contributed by atoms with Gasteiger partial charge in [0.25, 0.3) is 0 Å². The van der Waals surface area contributed by atoms with Crippen molar-refractivity contribution in [1.82, 2.24) is 0 Å². The normalized spacial score (nSPS) is 11.5. The van der Waals surface area contributed by atoms with Gasteiger partial charge in [-0.1, -0.05) is 90.4 Å². The molecule has 6 heteroatoms. The number of rotatable bonds is 30. The van der Waals surface area contributed by atoms with Gasteiger partial charge >= 0.3 is 0 Å². The fourth-order valence-corrected chi connectivity index (χ4v) is 3.52. The number of ether oxygens (including phenoxy) is 6. The van der Waals surface area contributed by atoms with Crippen molar-refractivity contribution in [1.29, 1.82) is 0 Å². The first kappa shape index (κ1) is 32.8. The summed E-state index contributed by atoms with van der Waals surface area (Å²) >= 11 is 0. The predicted octanol–water partition coefficient (Wildman–Crippen LogP) is 6.20. The van der Waals surface area contributed by atoms with Gasteiger partial charge in [-0.15, -0.1) is 0 Å². The molecule has 0 saturated heterocycles. The Bertz CT molecular complexity index is 300. The highest BCUT2D eigenvalue weighted by molar-refractivity contribution is 4.49. The second kappa shape index (κ2) is 31.8. The van der Waals surface area contributed by atoms with E-state index >= 15 is 0 Å². The smallest absolute Gasteiger partial charge is 0.0701 e. The van der Waals surface area contributed by atoms with E-state index in [4.69, 9.17) is 28.4 Å². The topological polar surface area (TPSA) is 55.4 Å². The summed E-state index contributed by atoms with van der Waals surface area (Å²) in [7, 11) is 1.66. The molecular formula is C27H56O6. The molecule has 0 heterocycles. The average Bonchev–Trinajstić information content (AvgIpc) is 2.83. The SMILES string of the molecule is CCCCCCCCCCCCCCCCOCCOCCOCCOCCOCCOC. The van der Waals surface area contributed by atoms with Crippen molar-refractivity contribution >= 4 is 0 Å². The Balaban J connectivity index is 2.99. The Morgan fingerprint density at radius 1 is 0.303 bits per heavy atom. The van der Waals surface area contributed by atoms with Gasteiger partial charge in [0.1, 0.15) is 0 Å². The maximum absolute atomic E-state index is 5.64. The van der Waals surface area contributed by atoms with E-state index in [1.807, 2.05) is 0 Å². The van der Waals surface area contributed by atoms with Crippen molar-refractivity contribution < 1.29 is 28.4 Å². The zero-order chi connectivity index (χ0) is 23.9. The third-order valence-electron chi connectivity index (χ3n) is 5.56. The average molecular weight is 477 g/mol. The van der Waals surface area contributed by atoms with Gasteiger partial charge in [-0.3, -0.25) is 0 Å². The molecule has 0 aliphatic heterocycles. The zero-order valence-electron chi connectivity index (χ0n) is 22.1. The Labute approximate surface area is 205 Å². The number of methoxy groups -OCH3 is 1. The minimum absolute atomic E-state index is 0.579. The molecule has 0 bridgehead atoms. The van der Waals surface area contributed by atoms with Crippen LogP contribution >= 0.6 is 0 Å². The van der Waals surface area contributed by atoms with E-state index in [2.05, 4.69) is 6.92 Å². The van der Waals surface area contributed by atoms with Crippen LogP contribution in [-0.2, 0) is 28.4 Å². The summed E-state index contributed by atoms with van der Waals surface area (Å²) in [5, 5.41) is 0. The molecule has 0 aliphatic rings. The lowest BCUT2D eigenvalue weighted by Crippen LogP contribution is -2.14. The predicted molar refractivity (Wildman–Crippen MR) is 136 cm³/mol. The monoisotopic (exact) mass is 476 g/mol. The molecule has 6 nitrogen and oxygen atoms in total. The molecule has 0 N–H and O–H groups in total. The van der Waals surface area contributed by atoms with Crippen molar-refractivity contribution in [2.24, 2.45) is 0 Å². The molecule has 0 aromatic rings. The van der Waals surface area contributed by atoms with Crippen LogP contribution in [0.15, 0.2) is 0 Å². The number of unbranched alkanes of at least 4 members (excludes halogenated alkanes) is 13. The van der Waals surface area contributed by atoms with Crippen molar-refractivity contribution in [3.63, 3.8) is 0 Å². The number of hydrogen-bond acceptors (Lipinski definition) is 6. The molecule has 0 aliphatic carbocycles. The lowest BCUT2D eigenvalue weighted by Gasteiger charge is -2.08. The van der Waals surface area contributed by atoms with Crippen LogP contribution in [0, 0.1) is 0 Å². The van der Waals surface area contributed by atoms with Crippen LogP contribution in [0.1, 0.15) is 96.8 Å². The van der Waals surface area contributed by atoms with E-state index in [1.54, 1.807) is 7.11 Å². The molecule has 0 radical (unpaired) electrons. The maximum atomic E-state index is 5.64. The molecular weight excluding hydrogens is 420 g/mol. The molecule has 200 valence electrons. The fraction of sp³-hybridized carbons (Fsp3) is 1.00. The van der Waals surface area contributed by atoms with Gasteiger partial charge in [0.15, 0.2) is 0 Å². The van der Waals surface area contributed by atoms with Crippen LogP contribution in [0.2, 0.25) is 0 Å². The minimum Gasteiger partial charge on any atom is -0.382 e. The van der Waals surface area contributed by atoms with Crippen LogP contribution in [0.5, 0.6) is 0 Å². The first-order chi connectivity index (χ1) is 16.4. The van der Waals surface area contributed by atoms with E-state index in [0.717, 1.165) is 13.0 Å². The van der Waals surface area contributed by atoms with Crippen LogP contribution in [0.4, 0.5) is 0 Å². The van der Waals surface area contributed by atoms with Crippen LogP contribution in [0.3, 0.4) is 0 Å². The Morgan fingerprint density at radius 3 is 0.909 bits per heavy atom. The van der Waals surface area contributed by atoms with Gasteiger partial charge in [-0.25, -0.2) is 0 Å². The van der Waals surface area contributed by atoms with Crippen molar-refractivity contribution in [2.75, 3.05) is 79.8 Å². The summed E-state index contributed by atoms with van der Waals surface area (Å²) in [4.78, 5) is 0. The van der Waals surface area contributed by atoms with E-state index < -0.39 is 0 Å². The van der Waals surface area contributed by atoms with Gasteiger partial charge in [-0.2, -0.15) is 0 Å². The molecule has 0 aromatic carbocycles. The summed E-state index contributed by atoms with van der Waals surface area (Å²) in [6, 6.07) is 0. The van der Waals surface area contributed by atoms with Crippen molar-refractivity contribution in [3.8, 4) is 0 Å². The quantitative estimate of drug-likeness (QED) is 0.115. The van der Waals surface area contributed by atoms with Crippen LogP contribution < -0.4 is 0 Å². The first-order valence-electron chi connectivity index (χ1n) is 13.8. The van der Waals surface area contributed by atoms with E-state index in [-0.39, 0.29) is 0 Å². The van der Waals surface area contributed by atoms with Crippen molar-refractivity contribution in [3.05, 3.63) is 0 Å². The molecule has 0 unspecified atom stereocenters. The second-order valence-electron chi connectivity index (χ2n) is 8.65. The summed E-state index contributed by atoms with van der Waals surface area (Å²) < 4.78 is 32.2. The van der Waals surface area contributed by atoms with Gasteiger partial charge < -0.3 is 28.4 Å². The van der Waals surface area contributed by atoms with Crippen LogP contribution in [0.25, 0.3) is 0 Å². The van der Waals surface area contributed by atoms with Gasteiger partial charge in [0, 0.05) is 13.7 Å². The first-order valence-corrected chi connectivity index (χ1v) is 13.8. The summed E-state index contributed by atoms with van der Waals surface area (Å²) in [5.41, 5.74) is 0. The molecule has 0 amide bonds. The third kappa shape index (κ3) is 31.8. The standard InChI is InChI=1S/C27H56O6/c1-3-4-5-6-7-8-9-10-11-12-13-14-15-16-17-29-20-21-31-24-25-33-27-26-32-23-22-30-19-18-28-2/h3-27H2,1-2H3. The highest BCUT2D eigenvalue weighted by atomic mass is 16.6. The molecule has 0 atom stereocenters. The molecule has 0 rings (SSSR count). The lowest BCUT2D eigenvalue weighted by atomic mass is 10.0. The molecule has 0 fully saturated rings. The van der Waals surface area contributed by atoms with Gasteiger partial charge in [0.2, 0.25) is 0 Å². The highest BCUT2D eigenvalue weighted by Crippen LogP contribution is 2.12. The molecule has 0 saturated carbocycles. The third-order valence-corrected chi connectivity index (χ3v) is 5.56. The molecule has 33 heavy (non-hydrogen) atoms. The maximum Gasteiger partial charge on any atom is 0.0701 e. The largest absolute Gasteiger partial charge is 0.382 e. The fourth-order valence-electron chi connectivity index (χ4n) is 3.52. The second-order valence-corrected chi connectivity index (χ2v) is 8.65. The highest BCUT2D eigenvalue weighted by Gasteiger charge is 1.96. The molecule has 0 aromatic heterocycles. The summed E-state index contributed by atoms with van der Waals surface area (Å²) in [6.45, 7) is 9.19. The Kier molecular flexibility index (Phi) is 31.5. The van der Waals surface area contributed by atoms with Crippen LogP contribution in [-0.4, -0.2) is 79.8 Å². The lowest BCUT2D eigenvalue weighted by molar-refractivity contribution is -0.0148. The van der Waals surface area contributed by atoms with Gasteiger partial charge in [0.05, 0.1) is 66.1 Å². The van der Waals surface area contributed by atoms with E-state index in [0.29, 0.717) is 66.1 Å². The van der Waals surface area contributed by atoms with E-state index in [9.17, 15) is 0 Å². The van der Waals surface area contributed by atoms with E-state index in [1.165, 1.54) is 83.5 Å². The zero-order valence-corrected chi connectivity index (χ0v) is 22.1. The minimum atomic E-state index is 0.579. The van der Waals surface area contributed by atoms with Gasteiger partial charge in [-0.05, 0) is 6.42 Å². The number of hydrogen-bond donors (Lipinski definition) is 0.